The van der Waals surface area contributed by atoms with Gasteiger partial charge in [0.05, 0.1) is 18.4 Å². The van der Waals surface area contributed by atoms with Gasteiger partial charge in [0.2, 0.25) is 0 Å². The number of methoxy groups -OCH3 is 1. The van der Waals surface area contributed by atoms with Crippen LogP contribution in [0.5, 0.6) is 5.75 Å². The Morgan fingerprint density at radius 3 is 2.03 bits per heavy atom. The predicted octanol–water partition coefficient (Wildman–Crippen LogP) is 6.95. The van der Waals surface area contributed by atoms with Crippen LogP contribution >= 0.6 is 23.2 Å². The average molecular weight is 503 g/mol. The van der Waals surface area contributed by atoms with E-state index in [2.05, 4.69) is 30.5 Å². The van der Waals surface area contributed by atoms with Crippen LogP contribution in [-0.4, -0.2) is 35.2 Å². The number of amidine groups is 2. The first-order valence-corrected chi connectivity index (χ1v) is 12.1. The van der Waals surface area contributed by atoms with Gasteiger partial charge in [-0.15, -0.1) is 0 Å². The Labute approximate surface area is 215 Å². The van der Waals surface area contributed by atoms with E-state index in [1.807, 2.05) is 65.7 Å². The molecule has 7 heteroatoms. The summed E-state index contributed by atoms with van der Waals surface area (Å²) < 4.78 is 5.32. The van der Waals surface area contributed by atoms with E-state index >= 15 is 0 Å². The minimum atomic E-state index is 0.602. The first-order chi connectivity index (χ1) is 17.0. The maximum atomic E-state index is 6.21. The molecule has 0 N–H and O–H groups in total. The monoisotopic (exact) mass is 502 g/mol. The fraction of sp³-hybridized carbons (Fsp3) is 0.143. The molecule has 3 aromatic carbocycles. The van der Waals surface area contributed by atoms with Gasteiger partial charge in [-0.1, -0.05) is 66.2 Å². The lowest BCUT2D eigenvalue weighted by Gasteiger charge is -2.30. The topological polar surface area (TPSA) is 40.4 Å². The third-order valence-electron chi connectivity index (χ3n) is 6.01. The first-order valence-electron chi connectivity index (χ1n) is 11.3. The summed E-state index contributed by atoms with van der Waals surface area (Å²) in [5.41, 5.74) is 4.78. The summed E-state index contributed by atoms with van der Waals surface area (Å²) in [6, 6.07) is 23.5. The average Bonchev–Trinajstić information content (AvgIpc) is 3.22. The van der Waals surface area contributed by atoms with Crippen molar-refractivity contribution in [1.82, 2.24) is 9.91 Å². The molecule has 5 rings (SSSR count). The van der Waals surface area contributed by atoms with E-state index in [1.54, 1.807) is 7.11 Å². The minimum absolute atomic E-state index is 0.602. The van der Waals surface area contributed by atoms with Crippen molar-refractivity contribution in [3.05, 3.63) is 112 Å². The lowest BCUT2D eigenvalue weighted by Crippen LogP contribution is -2.38. The number of hydrogen-bond acceptors (Lipinski definition) is 5. The van der Waals surface area contributed by atoms with E-state index in [0.717, 1.165) is 51.2 Å². The zero-order chi connectivity index (χ0) is 24.5. The highest BCUT2D eigenvalue weighted by molar-refractivity contribution is 6.37. The fourth-order valence-electron chi connectivity index (χ4n) is 4.23. The quantitative estimate of drug-likeness (QED) is 0.366. The summed E-state index contributed by atoms with van der Waals surface area (Å²) in [6.45, 7) is 7.09. The van der Waals surface area contributed by atoms with Gasteiger partial charge < -0.3 is 4.74 Å². The van der Waals surface area contributed by atoms with E-state index in [4.69, 9.17) is 38.0 Å². The van der Waals surface area contributed by atoms with Crippen molar-refractivity contribution in [2.24, 2.45) is 10.1 Å². The second-order valence-corrected chi connectivity index (χ2v) is 9.05. The number of nitrogens with zero attached hydrogens (tertiary/aromatic N) is 4. The molecule has 0 saturated heterocycles. The fourth-order valence-corrected chi connectivity index (χ4v) is 4.48. The molecule has 2 aliphatic heterocycles. The molecule has 0 aromatic heterocycles. The Morgan fingerprint density at radius 1 is 0.857 bits per heavy atom. The van der Waals surface area contributed by atoms with Crippen LogP contribution in [-0.2, 0) is 6.42 Å². The van der Waals surface area contributed by atoms with Crippen molar-refractivity contribution in [3.63, 3.8) is 0 Å². The molecule has 3 aromatic rings. The summed E-state index contributed by atoms with van der Waals surface area (Å²) in [5.74, 6) is 3.23. The number of fused-ring (bicyclic) bond motifs is 1. The normalized spacial score (nSPS) is 15.3. The van der Waals surface area contributed by atoms with Crippen LogP contribution in [0.1, 0.15) is 23.6 Å². The van der Waals surface area contributed by atoms with Crippen molar-refractivity contribution in [1.29, 1.82) is 0 Å². The zero-order valence-corrected chi connectivity index (χ0v) is 21.0. The van der Waals surface area contributed by atoms with Gasteiger partial charge in [-0.3, -0.25) is 4.90 Å². The molecule has 5 nitrogen and oxygen atoms in total. The van der Waals surface area contributed by atoms with Gasteiger partial charge in [0, 0.05) is 28.6 Å². The van der Waals surface area contributed by atoms with Crippen LogP contribution in [0, 0.1) is 0 Å². The minimum Gasteiger partial charge on any atom is -0.497 e. The maximum absolute atomic E-state index is 6.21. The Morgan fingerprint density at radius 2 is 1.46 bits per heavy atom. The molecule has 176 valence electrons. The lowest BCUT2D eigenvalue weighted by molar-refractivity contribution is 0.369. The molecular weight excluding hydrogens is 479 g/mol. The molecule has 0 spiro atoms. The van der Waals surface area contributed by atoms with Gasteiger partial charge in [-0.2, -0.15) is 5.10 Å². The summed E-state index contributed by atoms with van der Waals surface area (Å²) >= 11 is 12.4. The van der Waals surface area contributed by atoms with Gasteiger partial charge in [-0.25, -0.2) is 10.0 Å². The number of ether oxygens (including phenoxy) is 1. The summed E-state index contributed by atoms with van der Waals surface area (Å²) in [5, 5.41) is 8.21. The smallest absolute Gasteiger partial charge is 0.170 e. The summed E-state index contributed by atoms with van der Waals surface area (Å²) in [6.07, 6.45) is 0.602. The summed E-state index contributed by atoms with van der Waals surface area (Å²) in [4.78, 5) is 7.26. The largest absolute Gasteiger partial charge is 0.497 e. The molecule has 2 heterocycles. The standard InChI is InChI=1S/C28H24Cl2N4O/c1-4-33-18(2)34-25(17-19-5-15-24(35-3)16-6-19)31-27(21-9-13-23(30)14-10-21)26(28(34)32-33)20-7-11-22(29)12-8-20/h5-16H,2,4,17H2,1,3H3. The van der Waals surface area contributed by atoms with Gasteiger partial charge in [0.25, 0.3) is 0 Å². The number of hydrazone groups is 1. The third-order valence-corrected chi connectivity index (χ3v) is 6.52. The van der Waals surface area contributed by atoms with Crippen LogP contribution in [0.3, 0.4) is 0 Å². The Kier molecular flexibility index (Phi) is 6.37. The SMILES string of the molecule is C=C1N(CC)N=C2C(c3ccc(Cl)cc3)=C(c3ccc(Cl)cc3)N=C(Cc3ccc(OC)cc3)N12. The van der Waals surface area contributed by atoms with Crippen LogP contribution in [0.4, 0.5) is 0 Å². The highest BCUT2D eigenvalue weighted by Gasteiger charge is 2.38. The van der Waals surface area contributed by atoms with Crippen LogP contribution < -0.4 is 4.74 Å². The van der Waals surface area contributed by atoms with E-state index in [9.17, 15) is 0 Å². The van der Waals surface area contributed by atoms with E-state index < -0.39 is 0 Å². The Bertz CT molecular complexity index is 1360. The Balaban J connectivity index is 1.71. The molecule has 0 bridgehead atoms. The number of benzene rings is 3. The molecule has 0 unspecified atom stereocenters. The second kappa shape index (κ2) is 9.61. The van der Waals surface area contributed by atoms with Gasteiger partial charge in [0.15, 0.2) is 5.84 Å². The van der Waals surface area contributed by atoms with Gasteiger partial charge in [-0.05, 0) is 54.4 Å². The second-order valence-electron chi connectivity index (χ2n) is 8.18. The van der Waals surface area contributed by atoms with Crippen molar-refractivity contribution >= 4 is 46.1 Å². The van der Waals surface area contributed by atoms with E-state index in [0.29, 0.717) is 23.0 Å². The molecule has 0 fully saturated rings. The molecule has 35 heavy (non-hydrogen) atoms. The number of hydrogen-bond donors (Lipinski definition) is 0. The van der Waals surface area contributed by atoms with Gasteiger partial charge >= 0.3 is 0 Å². The maximum Gasteiger partial charge on any atom is 0.170 e. The van der Waals surface area contributed by atoms with Crippen LogP contribution in [0.25, 0.3) is 11.3 Å². The van der Waals surface area contributed by atoms with E-state index in [1.165, 1.54) is 0 Å². The number of rotatable bonds is 6. The van der Waals surface area contributed by atoms with Crippen molar-refractivity contribution in [3.8, 4) is 5.75 Å². The molecule has 0 radical (unpaired) electrons. The molecule has 2 aliphatic rings. The third kappa shape index (κ3) is 4.45. The Hall–Kier alpha value is -3.54. The summed E-state index contributed by atoms with van der Waals surface area (Å²) in [7, 11) is 1.66. The first kappa shape index (κ1) is 23.2. The highest BCUT2D eigenvalue weighted by atomic mass is 35.5. The lowest BCUT2D eigenvalue weighted by atomic mass is 9.96. The molecule has 0 atom stereocenters. The predicted molar refractivity (Wildman–Crippen MR) is 145 cm³/mol. The van der Waals surface area contributed by atoms with E-state index in [-0.39, 0.29) is 0 Å². The number of aliphatic imine (C=N–C) groups is 1. The molecule has 0 aliphatic carbocycles. The van der Waals surface area contributed by atoms with Crippen LogP contribution in [0.2, 0.25) is 10.0 Å². The van der Waals surface area contributed by atoms with Crippen LogP contribution in [0.15, 0.2) is 95.3 Å². The van der Waals surface area contributed by atoms with Crippen molar-refractivity contribution in [2.45, 2.75) is 13.3 Å². The van der Waals surface area contributed by atoms with Crippen molar-refractivity contribution in [2.75, 3.05) is 13.7 Å². The molecule has 0 saturated carbocycles. The zero-order valence-electron chi connectivity index (χ0n) is 19.5. The van der Waals surface area contributed by atoms with Crippen molar-refractivity contribution < 1.29 is 4.74 Å². The molecular formula is C28H24Cl2N4O. The van der Waals surface area contributed by atoms with Gasteiger partial charge in [0.1, 0.15) is 17.4 Å². The number of halogens is 2. The highest BCUT2D eigenvalue weighted by Crippen LogP contribution is 2.39. The molecule has 0 amide bonds.